The normalized spacial score (nSPS) is 14.5. The first-order valence-corrected chi connectivity index (χ1v) is 13.8. The Morgan fingerprint density at radius 3 is 2.29 bits per heavy atom. The molecule has 0 aliphatic heterocycles. The zero-order chi connectivity index (χ0) is 26.9. The molecule has 1 N–H and O–H groups in total. The van der Waals surface area contributed by atoms with E-state index in [0.717, 1.165) is 53.5 Å². The van der Waals surface area contributed by atoms with Gasteiger partial charge in [-0.05, 0) is 56.4 Å². The van der Waals surface area contributed by atoms with E-state index < -0.39 is 6.04 Å². The lowest BCUT2D eigenvalue weighted by Gasteiger charge is -2.33. The third-order valence-electron chi connectivity index (χ3n) is 7.34. The van der Waals surface area contributed by atoms with E-state index in [1.807, 2.05) is 87.5 Å². The number of benzene rings is 3. The van der Waals surface area contributed by atoms with Gasteiger partial charge in [0.05, 0.1) is 0 Å². The fourth-order valence-electron chi connectivity index (χ4n) is 5.29. The number of hydrogen-bond donors (Lipinski definition) is 1. The highest BCUT2D eigenvalue weighted by Crippen LogP contribution is 2.22. The molecule has 0 bridgehead atoms. The van der Waals surface area contributed by atoms with Crippen LogP contribution in [0.25, 0.3) is 0 Å². The van der Waals surface area contributed by atoms with Crippen molar-refractivity contribution in [2.75, 3.05) is 6.61 Å². The van der Waals surface area contributed by atoms with Crippen molar-refractivity contribution in [2.45, 2.75) is 77.9 Å². The predicted molar refractivity (Wildman–Crippen MR) is 152 cm³/mol. The Balaban J connectivity index is 1.62. The standard InChI is InChI=1S/C33H40N2O3/c1-24-11-10-14-28(20-24)22-35(32(36)23-38-31-18-17-25(2)19-26(31)3)30(21-27-12-6-4-7-13-27)33(37)34-29-15-8-5-9-16-29/h4,6-7,10-14,17-20,29-30H,5,8-9,15-16,21-23H2,1-3H3,(H,34,37)/t30-/m1/s1. The van der Waals surface area contributed by atoms with Crippen LogP contribution in [0.3, 0.4) is 0 Å². The number of amides is 2. The average Bonchev–Trinajstić information content (AvgIpc) is 2.91. The molecule has 0 aromatic heterocycles. The van der Waals surface area contributed by atoms with Crippen LogP contribution in [-0.2, 0) is 22.6 Å². The summed E-state index contributed by atoms with van der Waals surface area (Å²) in [5.74, 6) is 0.394. The smallest absolute Gasteiger partial charge is 0.261 e. The maximum absolute atomic E-state index is 13.8. The topological polar surface area (TPSA) is 58.6 Å². The van der Waals surface area contributed by atoms with Crippen molar-refractivity contribution < 1.29 is 14.3 Å². The van der Waals surface area contributed by atoms with Crippen LogP contribution in [0, 0.1) is 20.8 Å². The van der Waals surface area contributed by atoms with Gasteiger partial charge < -0.3 is 15.0 Å². The monoisotopic (exact) mass is 512 g/mol. The van der Waals surface area contributed by atoms with Gasteiger partial charge in [0, 0.05) is 19.0 Å². The molecule has 1 aliphatic carbocycles. The number of aryl methyl sites for hydroxylation is 3. The second kappa shape index (κ2) is 13.3. The van der Waals surface area contributed by atoms with Crippen molar-refractivity contribution in [2.24, 2.45) is 0 Å². The third-order valence-corrected chi connectivity index (χ3v) is 7.34. The summed E-state index contributed by atoms with van der Waals surface area (Å²) in [6.07, 6.45) is 5.90. The highest BCUT2D eigenvalue weighted by Gasteiger charge is 2.32. The largest absolute Gasteiger partial charge is 0.483 e. The van der Waals surface area contributed by atoms with Crippen LogP contribution >= 0.6 is 0 Å². The second-order valence-electron chi connectivity index (χ2n) is 10.6. The van der Waals surface area contributed by atoms with E-state index >= 15 is 0 Å². The number of nitrogens with one attached hydrogen (secondary N) is 1. The number of ether oxygens (including phenoxy) is 1. The van der Waals surface area contributed by atoms with Crippen molar-refractivity contribution in [3.8, 4) is 5.75 Å². The van der Waals surface area contributed by atoms with Gasteiger partial charge in [0.25, 0.3) is 5.91 Å². The van der Waals surface area contributed by atoms with Crippen LogP contribution in [0.1, 0.15) is 59.9 Å². The van der Waals surface area contributed by atoms with Crippen molar-refractivity contribution in [3.05, 3.63) is 101 Å². The van der Waals surface area contributed by atoms with Crippen molar-refractivity contribution in [3.63, 3.8) is 0 Å². The molecule has 4 rings (SSSR count). The number of hydrogen-bond acceptors (Lipinski definition) is 3. The van der Waals surface area contributed by atoms with Gasteiger partial charge in [0.2, 0.25) is 5.91 Å². The number of carbonyl (C=O) groups is 2. The SMILES string of the molecule is Cc1cccc(CN(C(=O)COc2ccc(C)cc2C)[C@H](Cc2ccccc2)C(=O)NC2CCCCC2)c1. The van der Waals surface area contributed by atoms with Gasteiger partial charge in [-0.1, -0.05) is 97.1 Å². The molecule has 5 heteroatoms. The van der Waals surface area contributed by atoms with Gasteiger partial charge in [0.15, 0.2) is 6.61 Å². The Bertz CT molecular complexity index is 1220. The molecule has 0 unspecified atom stereocenters. The van der Waals surface area contributed by atoms with E-state index in [1.165, 1.54) is 6.42 Å². The molecule has 0 saturated heterocycles. The molecule has 5 nitrogen and oxygen atoms in total. The van der Waals surface area contributed by atoms with E-state index in [0.29, 0.717) is 18.7 Å². The minimum absolute atomic E-state index is 0.0896. The maximum Gasteiger partial charge on any atom is 0.261 e. The lowest BCUT2D eigenvalue weighted by molar-refractivity contribution is -0.143. The maximum atomic E-state index is 13.8. The van der Waals surface area contributed by atoms with Crippen LogP contribution in [0.2, 0.25) is 0 Å². The van der Waals surface area contributed by atoms with Crippen LogP contribution in [0.5, 0.6) is 5.75 Å². The fourth-order valence-corrected chi connectivity index (χ4v) is 5.29. The Labute approximate surface area is 227 Å². The molecular weight excluding hydrogens is 472 g/mol. The summed E-state index contributed by atoms with van der Waals surface area (Å²) in [7, 11) is 0. The summed E-state index contributed by atoms with van der Waals surface area (Å²) in [4.78, 5) is 29.4. The van der Waals surface area contributed by atoms with Crippen LogP contribution in [-0.4, -0.2) is 35.4 Å². The summed E-state index contributed by atoms with van der Waals surface area (Å²) in [6.45, 7) is 6.26. The van der Waals surface area contributed by atoms with E-state index in [2.05, 4.69) is 11.4 Å². The summed E-state index contributed by atoms with van der Waals surface area (Å²) < 4.78 is 6.00. The Morgan fingerprint density at radius 1 is 0.868 bits per heavy atom. The van der Waals surface area contributed by atoms with Crippen molar-refractivity contribution in [1.29, 1.82) is 0 Å². The molecular formula is C33H40N2O3. The Hall–Kier alpha value is -3.60. The molecule has 200 valence electrons. The van der Waals surface area contributed by atoms with Gasteiger partial charge in [0.1, 0.15) is 11.8 Å². The molecule has 2 amide bonds. The average molecular weight is 513 g/mol. The molecule has 1 saturated carbocycles. The molecule has 3 aromatic carbocycles. The molecule has 3 aromatic rings. The molecule has 0 spiro atoms. The summed E-state index contributed by atoms with van der Waals surface area (Å²) >= 11 is 0. The second-order valence-corrected chi connectivity index (χ2v) is 10.6. The van der Waals surface area contributed by atoms with Crippen LogP contribution in [0.15, 0.2) is 72.8 Å². The molecule has 0 radical (unpaired) electrons. The van der Waals surface area contributed by atoms with Gasteiger partial charge in [-0.2, -0.15) is 0 Å². The first-order chi connectivity index (χ1) is 18.4. The summed E-state index contributed by atoms with van der Waals surface area (Å²) in [6, 6.07) is 23.5. The number of rotatable bonds is 10. The number of nitrogens with zero attached hydrogens (tertiary/aromatic N) is 1. The minimum Gasteiger partial charge on any atom is -0.483 e. The van der Waals surface area contributed by atoms with Crippen molar-refractivity contribution >= 4 is 11.8 Å². The summed E-state index contributed by atoms with van der Waals surface area (Å²) in [5, 5.41) is 3.29. The molecule has 1 fully saturated rings. The summed E-state index contributed by atoms with van der Waals surface area (Å²) in [5.41, 5.74) is 5.26. The Morgan fingerprint density at radius 2 is 1.58 bits per heavy atom. The van der Waals surface area contributed by atoms with Gasteiger partial charge in [-0.15, -0.1) is 0 Å². The van der Waals surface area contributed by atoms with E-state index in [1.54, 1.807) is 4.90 Å². The van der Waals surface area contributed by atoms with E-state index in [4.69, 9.17) is 4.74 Å². The molecule has 0 heterocycles. The lowest BCUT2D eigenvalue weighted by Crippen LogP contribution is -2.53. The Kier molecular flexibility index (Phi) is 9.58. The number of carbonyl (C=O) groups excluding carboxylic acids is 2. The highest BCUT2D eigenvalue weighted by atomic mass is 16.5. The zero-order valence-electron chi connectivity index (χ0n) is 22.9. The van der Waals surface area contributed by atoms with Gasteiger partial charge in [-0.25, -0.2) is 0 Å². The molecule has 38 heavy (non-hydrogen) atoms. The van der Waals surface area contributed by atoms with Crippen molar-refractivity contribution in [1.82, 2.24) is 10.2 Å². The predicted octanol–water partition coefficient (Wildman–Crippen LogP) is 6.08. The quantitative estimate of drug-likeness (QED) is 0.358. The van der Waals surface area contributed by atoms with Crippen LogP contribution in [0.4, 0.5) is 0 Å². The van der Waals surface area contributed by atoms with E-state index in [9.17, 15) is 9.59 Å². The highest BCUT2D eigenvalue weighted by molar-refractivity contribution is 5.88. The lowest BCUT2D eigenvalue weighted by atomic mass is 9.94. The van der Waals surface area contributed by atoms with Crippen LogP contribution < -0.4 is 10.1 Å². The van der Waals surface area contributed by atoms with E-state index in [-0.39, 0.29) is 24.5 Å². The minimum atomic E-state index is -0.643. The first kappa shape index (κ1) is 27.4. The molecule has 1 aliphatic rings. The molecule has 1 atom stereocenters. The first-order valence-electron chi connectivity index (χ1n) is 13.8. The van der Waals surface area contributed by atoms with Gasteiger partial charge in [-0.3, -0.25) is 9.59 Å². The fraction of sp³-hybridized carbons (Fsp3) is 0.394. The zero-order valence-corrected chi connectivity index (χ0v) is 22.9. The third kappa shape index (κ3) is 7.70. The van der Waals surface area contributed by atoms with Gasteiger partial charge >= 0.3 is 0 Å².